The van der Waals surface area contributed by atoms with Crippen molar-refractivity contribution in [1.82, 2.24) is 9.80 Å². The summed E-state index contributed by atoms with van der Waals surface area (Å²) < 4.78 is 0. The van der Waals surface area contributed by atoms with Crippen LogP contribution in [0, 0.1) is 0 Å². The molecule has 5 rings (SSSR count). The van der Waals surface area contributed by atoms with Gasteiger partial charge in [-0.15, -0.1) is 0 Å². The van der Waals surface area contributed by atoms with Crippen molar-refractivity contribution in [1.29, 1.82) is 0 Å². The Balaban J connectivity index is 1.01. The predicted octanol–water partition coefficient (Wildman–Crippen LogP) is 7.42. The summed E-state index contributed by atoms with van der Waals surface area (Å²) in [5.41, 5.74) is 7.32. The maximum atomic E-state index is 10.6. The van der Waals surface area contributed by atoms with Gasteiger partial charge in [0.15, 0.2) is 0 Å². The van der Waals surface area contributed by atoms with Crippen molar-refractivity contribution in [2.24, 2.45) is 0 Å². The number of hydrogen-bond acceptors (Lipinski definition) is 4. The van der Waals surface area contributed by atoms with Crippen molar-refractivity contribution in [2.75, 3.05) is 26.2 Å². The van der Waals surface area contributed by atoms with Crippen molar-refractivity contribution in [2.45, 2.75) is 90.1 Å². The normalized spacial score (nSPS) is 16.8. The van der Waals surface area contributed by atoms with E-state index in [0.717, 1.165) is 88.9 Å². The van der Waals surface area contributed by atoms with E-state index in [4.69, 9.17) is 0 Å². The summed E-state index contributed by atoms with van der Waals surface area (Å²) in [6, 6.07) is 21.7. The number of nitrogens with zero attached hydrogens (tertiary/aromatic N) is 2. The first kappa shape index (κ1) is 28.7. The second kappa shape index (κ2) is 14.7. The van der Waals surface area contributed by atoms with Gasteiger partial charge in [-0.2, -0.15) is 0 Å². The van der Waals surface area contributed by atoms with Crippen molar-refractivity contribution in [3.8, 4) is 11.5 Å². The standard InChI is InChI=1S/C36H48N2O2/c39-35-25-31(17-19-33(35)27-37-21-3-1-4-22-37)11-7-9-29-13-15-30(16-14-29)10-8-12-32-18-20-34(36(40)26-32)28-38-23-5-2-6-24-38/h13-20,25-26,39-40H,1-12,21-24,27-28H2. The molecule has 2 aliphatic heterocycles. The highest BCUT2D eigenvalue weighted by atomic mass is 16.3. The van der Waals surface area contributed by atoms with Crippen molar-refractivity contribution in [3.63, 3.8) is 0 Å². The molecule has 2 aliphatic rings. The SMILES string of the molecule is Oc1cc(CCCc2ccc(CCCc3ccc(CN4CCCCC4)c(O)c3)cc2)ccc1CN1CCCCC1. The van der Waals surface area contributed by atoms with Gasteiger partial charge in [-0.05, 0) is 125 Å². The Morgan fingerprint density at radius 1 is 0.450 bits per heavy atom. The fourth-order valence-electron chi connectivity index (χ4n) is 6.38. The van der Waals surface area contributed by atoms with Crippen LogP contribution in [0.25, 0.3) is 0 Å². The Hall–Kier alpha value is -2.82. The zero-order valence-corrected chi connectivity index (χ0v) is 24.3. The molecule has 40 heavy (non-hydrogen) atoms. The van der Waals surface area contributed by atoms with Gasteiger partial charge in [0.1, 0.15) is 11.5 Å². The predicted molar refractivity (Wildman–Crippen MR) is 165 cm³/mol. The molecule has 3 aromatic rings. The van der Waals surface area contributed by atoms with Crippen LogP contribution in [0.5, 0.6) is 11.5 Å². The smallest absolute Gasteiger partial charge is 0.120 e. The summed E-state index contributed by atoms with van der Waals surface area (Å²) in [6.45, 7) is 6.33. The Morgan fingerprint density at radius 2 is 0.800 bits per heavy atom. The van der Waals surface area contributed by atoms with Gasteiger partial charge in [0, 0.05) is 24.2 Å². The van der Waals surface area contributed by atoms with Gasteiger partial charge in [0.05, 0.1) is 0 Å². The fourth-order valence-corrected chi connectivity index (χ4v) is 6.38. The van der Waals surface area contributed by atoms with E-state index < -0.39 is 0 Å². The van der Waals surface area contributed by atoms with Gasteiger partial charge in [-0.25, -0.2) is 0 Å². The van der Waals surface area contributed by atoms with E-state index >= 15 is 0 Å². The van der Waals surface area contributed by atoms with Gasteiger partial charge >= 0.3 is 0 Å². The number of hydrogen-bond donors (Lipinski definition) is 2. The summed E-state index contributed by atoms with van der Waals surface area (Å²) in [5.74, 6) is 0.909. The van der Waals surface area contributed by atoms with Crippen molar-refractivity contribution >= 4 is 0 Å². The average Bonchev–Trinajstić information content (AvgIpc) is 2.98. The van der Waals surface area contributed by atoms with Gasteiger partial charge in [0.25, 0.3) is 0 Å². The Kier molecular flexibility index (Phi) is 10.6. The number of aromatic hydroxyl groups is 2. The van der Waals surface area contributed by atoms with Crippen LogP contribution in [0.3, 0.4) is 0 Å². The molecule has 0 radical (unpaired) electrons. The van der Waals surface area contributed by atoms with Crippen LogP contribution in [0.1, 0.15) is 84.7 Å². The molecule has 0 aliphatic carbocycles. The number of benzene rings is 3. The van der Waals surface area contributed by atoms with Crippen LogP contribution in [-0.2, 0) is 38.8 Å². The topological polar surface area (TPSA) is 46.9 Å². The molecule has 2 heterocycles. The molecule has 0 atom stereocenters. The van der Waals surface area contributed by atoms with E-state index in [0.29, 0.717) is 11.5 Å². The molecule has 4 nitrogen and oxygen atoms in total. The monoisotopic (exact) mass is 540 g/mol. The Bertz CT molecular complexity index is 1100. The highest BCUT2D eigenvalue weighted by molar-refractivity contribution is 5.37. The molecule has 2 N–H and O–H groups in total. The van der Waals surface area contributed by atoms with E-state index in [1.165, 1.54) is 60.8 Å². The molecule has 0 aromatic heterocycles. The number of phenolic OH excluding ortho intramolecular Hbond substituents is 2. The van der Waals surface area contributed by atoms with Crippen LogP contribution < -0.4 is 0 Å². The van der Waals surface area contributed by atoms with Gasteiger partial charge in [0.2, 0.25) is 0 Å². The molecule has 0 bridgehead atoms. The second-order valence-corrected chi connectivity index (χ2v) is 12.1. The van der Waals surface area contributed by atoms with Crippen molar-refractivity contribution < 1.29 is 10.2 Å². The first-order valence-corrected chi connectivity index (χ1v) is 15.8. The van der Waals surface area contributed by atoms with Crippen LogP contribution in [0.4, 0.5) is 0 Å². The van der Waals surface area contributed by atoms with Crippen LogP contribution in [0.15, 0.2) is 60.7 Å². The minimum Gasteiger partial charge on any atom is -0.508 e. The van der Waals surface area contributed by atoms with E-state index in [-0.39, 0.29) is 0 Å². The summed E-state index contributed by atoms with van der Waals surface area (Å²) in [4.78, 5) is 4.92. The zero-order chi connectivity index (χ0) is 27.6. The summed E-state index contributed by atoms with van der Waals surface area (Å²) in [6.07, 6.45) is 14.0. The highest BCUT2D eigenvalue weighted by Crippen LogP contribution is 2.25. The third-order valence-electron chi connectivity index (χ3n) is 8.87. The van der Waals surface area contributed by atoms with E-state index in [1.807, 2.05) is 12.1 Å². The van der Waals surface area contributed by atoms with Gasteiger partial charge < -0.3 is 10.2 Å². The minimum absolute atomic E-state index is 0.455. The van der Waals surface area contributed by atoms with Gasteiger partial charge in [-0.3, -0.25) is 9.80 Å². The molecule has 2 fully saturated rings. The van der Waals surface area contributed by atoms with Crippen molar-refractivity contribution in [3.05, 3.63) is 94.0 Å². The third kappa shape index (κ3) is 8.59. The third-order valence-corrected chi connectivity index (χ3v) is 8.87. The first-order valence-electron chi connectivity index (χ1n) is 15.8. The lowest BCUT2D eigenvalue weighted by atomic mass is 9.99. The number of likely N-dealkylation sites (tertiary alicyclic amines) is 2. The second-order valence-electron chi connectivity index (χ2n) is 12.1. The summed E-state index contributed by atoms with van der Waals surface area (Å²) in [5, 5.41) is 21.1. The van der Waals surface area contributed by atoms with Crippen LogP contribution in [0.2, 0.25) is 0 Å². The highest BCUT2D eigenvalue weighted by Gasteiger charge is 2.14. The lowest BCUT2D eigenvalue weighted by Crippen LogP contribution is -2.29. The maximum absolute atomic E-state index is 10.6. The lowest BCUT2D eigenvalue weighted by Gasteiger charge is -2.26. The number of aryl methyl sites for hydroxylation is 4. The lowest BCUT2D eigenvalue weighted by molar-refractivity contribution is 0.218. The average molecular weight is 541 g/mol. The van der Waals surface area contributed by atoms with E-state index in [2.05, 4.69) is 58.3 Å². The summed E-state index contributed by atoms with van der Waals surface area (Å²) in [7, 11) is 0. The Labute approximate surface area is 241 Å². The maximum Gasteiger partial charge on any atom is 0.120 e. The minimum atomic E-state index is 0.455. The summed E-state index contributed by atoms with van der Waals surface area (Å²) >= 11 is 0. The van der Waals surface area contributed by atoms with Crippen LogP contribution >= 0.6 is 0 Å². The molecule has 0 saturated carbocycles. The van der Waals surface area contributed by atoms with E-state index in [9.17, 15) is 10.2 Å². The zero-order valence-electron chi connectivity index (χ0n) is 24.3. The van der Waals surface area contributed by atoms with E-state index in [1.54, 1.807) is 0 Å². The molecule has 3 aromatic carbocycles. The molecule has 0 spiro atoms. The molecular formula is C36H48N2O2. The largest absolute Gasteiger partial charge is 0.508 e. The van der Waals surface area contributed by atoms with Crippen LogP contribution in [-0.4, -0.2) is 46.2 Å². The van der Waals surface area contributed by atoms with Gasteiger partial charge in [-0.1, -0.05) is 61.4 Å². The number of piperidine rings is 2. The molecular weight excluding hydrogens is 492 g/mol. The molecule has 4 heteroatoms. The first-order chi connectivity index (χ1) is 19.6. The Morgan fingerprint density at radius 3 is 1.18 bits per heavy atom. The fraction of sp³-hybridized carbons (Fsp3) is 0.500. The number of rotatable bonds is 12. The number of phenols is 2. The molecule has 0 unspecified atom stereocenters. The molecule has 0 amide bonds. The quantitative estimate of drug-likeness (QED) is 0.251. The molecule has 214 valence electrons. The molecule has 2 saturated heterocycles.